The van der Waals surface area contributed by atoms with Crippen LogP contribution in [-0.2, 0) is 47.9 Å². The number of benzene rings is 2. The van der Waals surface area contributed by atoms with E-state index in [1.165, 1.54) is 11.1 Å². The van der Waals surface area contributed by atoms with Crippen LogP contribution >= 0.6 is 11.6 Å². The maximum absolute atomic E-state index is 10.4. The number of aliphatic hydroxyl groups excluding tert-OH is 1. The number of hydrogen-bond donors (Lipinski definition) is 2. The molecule has 0 unspecified atom stereocenters. The van der Waals surface area contributed by atoms with Crippen molar-refractivity contribution < 1.29 is 63.0 Å². The van der Waals surface area contributed by atoms with Gasteiger partial charge in [0.05, 0.1) is 18.5 Å². The zero-order chi connectivity index (χ0) is 31.8. The fraction of sp³-hybridized carbons (Fsp3) is 0.367. The topological polar surface area (TPSA) is 140 Å². The minimum Gasteiger partial charge on any atom is -0.642 e. The summed E-state index contributed by atoms with van der Waals surface area (Å²) in [6.07, 6.45) is 2.59. The van der Waals surface area contributed by atoms with E-state index in [0.717, 1.165) is 27.2 Å². The van der Waals surface area contributed by atoms with Gasteiger partial charge in [-0.3, -0.25) is 24.3 Å². The first-order valence-corrected chi connectivity index (χ1v) is 14.0. The van der Waals surface area contributed by atoms with E-state index < -0.39 is 25.2 Å². The van der Waals surface area contributed by atoms with Crippen molar-refractivity contribution in [1.29, 1.82) is 0 Å². The Hall–Kier alpha value is -3.00. The number of halogens is 1. The van der Waals surface area contributed by atoms with Crippen molar-refractivity contribution in [3.8, 4) is 0 Å². The molecule has 231 valence electrons. The van der Waals surface area contributed by atoms with Crippen LogP contribution in [0.3, 0.4) is 0 Å². The van der Waals surface area contributed by atoms with Crippen molar-refractivity contribution in [3.05, 3.63) is 88.8 Å². The van der Waals surface area contributed by atoms with Crippen molar-refractivity contribution in [2.24, 2.45) is 0 Å². The third-order valence-corrected chi connectivity index (χ3v) is 5.88. The minimum atomic E-state index is -1.59. The minimum absolute atomic E-state index is 0. The summed E-state index contributed by atoms with van der Waals surface area (Å²) in [4.78, 5) is 42.4. The van der Waals surface area contributed by atoms with E-state index >= 15 is 0 Å². The van der Waals surface area contributed by atoms with Gasteiger partial charge >= 0.3 is 36.9 Å². The van der Waals surface area contributed by atoms with E-state index in [2.05, 4.69) is 72.3 Å². The molecule has 44 heavy (non-hydrogen) atoms. The van der Waals surface area contributed by atoms with Crippen molar-refractivity contribution in [1.82, 2.24) is 14.9 Å². The zero-order valence-corrected chi connectivity index (χ0v) is 28.8. The normalized spacial score (nSPS) is 10.7. The predicted molar refractivity (Wildman–Crippen MR) is 164 cm³/mol. The Morgan fingerprint density at radius 2 is 1.39 bits per heavy atom. The molecular weight excluding hydrogens is 598 g/mol. The van der Waals surface area contributed by atoms with Crippen molar-refractivity contribution in [2.45, 2.75) is 59.7 Å². The Kier molecular flexibility index (Phi) is 17.8. The van der Waals surface area contributed by atoms with Gasteiger partial charge in [-0.2, -0.15) is 0 Å². The van der Waals surface area contributed by atoms with Gasteiger partial charge in [0.1, 0.15) is 5.82 Å². The number of hydrogen-bond acceptors (Lipinski definition) is 11. The van der Waals surface area contributed by atoms with Crippen LogP contribution in [0.4, 0.5) is 5.82 Å². The monoisotopic (exact) mass is 635 g/mol. The van der Waals surface area contributed by atoms with Gasteiger partial charge in [0.25, 0.3) is 17.9 Å². The second-order valence-corrected chi connectivity index (χ2v) is 10.6. The van der Waals surface area contributed by atoms with E-state index in [1.807, 2.05) is 36.4 Å². The molecule has 14 heteroatoms. The quantitative estimate of drug-likeness (QED) is 0.262. The number of rotatable bonds is 13. The molecule has 0 aliphatic carbocycles. The van der Waals surface area contributed by atoms with Gasteiger partial charge in [0, 0.05) is 45.9 Å². The maximum Gasteiger partial charge on any atom is 1.00 e. The second kappa shape index (κ2) is 20.1. The fourth-order valence-corrected chi connectivity index (χ4v) is 4.14. The summed E-state index contributed by atoms with van der Waals surface area (Å²) >= 11 is 6.46. The number of nitrogens with one attached hydrogen (secondary N) is 1. The van der Waals surface area contributed by atoms with Crippen LogP contribution in [0.5, 0.6) is 0 Å². The maximum atomic E-state index is 10.4. The van der Waals surface area contributed by atoms with Crippen LogP contribution in [0, 0.1) is 0 Å². The Balaban J connectivity index is 0.000000588. The van der Waals surface area contributed by atoms with Gasteiger partial charge in [-0.15, -0.1) is 0 Å². The van der Waals surface area contributed by atoms with Crippen molar-refractivity contribution >= 4 is 42.6 Å². The van der Waals surface area contributed by atoms with Crippen LogP contribution in [0.2, 0.25) is 5.15 Å². The summed E-state index contributed by atoms with van der Waals surface area (Å²) in [5.41, 5.74) is 2.94. The molecule has 0 fully saturated rings. The molecule has 1 radical (unpaired) electrons. The number of aliphatic hydroxyl groups is 1. The molecule has 11 nitrogen and oxygen atoms in total. The smallest absolute Gasteiger partial charge is 0.642 e. The Morgan fingerprint density at radius 3 is 1.84 bits per heavy atom. The zero-order valence-electron chi connectivity index (χ0n) is 26.1. The standard InChI is InChI=1S/C24H29ClN4O.C6H9BO6.Na/c1-24(2,15-19-9-5-3-6-10-19)28-22-16-26-21(23(25)27-22)18-29(13-14-30)17-20-11-7-4-8-12-20;1-4(8)11-7(12-5(2)9)13-6(3)10;/h3-12,16,30H,13-15,17-18H2,1-2H3,(H,27,28);1-3H3;/q;-1;+1. The summed E-state index contributed by atoms with van der Waals surface area (Å²) in [5.74, 6) is -1.49. The molecule has 0 aliphatic rings. The van der Waals surface area contributed by atoms with Crippen LogP contribution in [0.25, 0.3) is 0 Å². The number of aromatic nitrogens is 2. The average Bonchev–Trinajstić information content (AvgIpc) is 2.90. The molecule has 3 rings (SSSR count). The predicted octanol–water partition coefficient (Wildman–Crippen LogP) is 1.22. The Bertz CT molecular complexity index is 1290. The molecule has 1 heterocycles. The van der Waals surface area contributed by atoms with Gasteiger partial charge < -0.3 is 24.4 Å². The van der Waals surface area contributed by atoms with Crippen LogP contribution in [-0.4, -0.2) is 63.9 Å². The summed E-state index contributed by atoms with van der Waals surface area (Å²) < 4.78 is 13.0. The fourth-order valence-electron chi connectivity index (χ4n) is 3.94. The van der Waals surface area contributed by atoms with E-state index in [-0.39, 0.29) is 41.7 Å². The van der Waals surface area contributed by atoms with Crippen LogP contribution < -0.4 is 34.9 Å². The third-order valence-electron chi connectivity index (χ3n) is 5.58. The Morgan fingerprint density at radius 1 is 0.886 bits per heavy atom. The molecule has 3 aromatic rings. The molecule has 0 atom stereocenters. The van der Waals surface area contributed by atoms with Crippen molar-refractivity contribution in [2.75, 3.05) is 18.5 Å². The molecule has 0 amide bonds. The van der Waals surface area contributed by atoms with Gasteiger partial charge in [-0.1, -0.05) is 72.3 Å². The third kappa shape index (κ3) is 16.2. The molecule has 0 bridgehead atoms. The largest absolute Gasteiger partial charge is 1.00 e. The number of carbonyl (C=O) groups is 3. The summed E-state index contributed by atoms with van der Waals surface area (Å²) in [5, 5.41) is 13.3. The SMILES string of the molecule is CC(=O)O[B-](OC(C)=O)OC(C)=O.CC(C)(Cc1ccccc1)Nc1cnc(CN(CCO)Cc2ccccc2)c(Cl)n1.[Na+]. The average molecular weight is 636 g/mol. The van der Waals surface area contributed by atoms with Crippen LogP contribution in [0.1, 0.15) is 51.4 Å². The number of carbonyl (C=O) groups excluding carboxylic acids is 3. The van der Waals surface area contributed by atoms with Crippen LogP contribution in [0.15, 0.2) is 66.9 Å². The van der Waals surface area contributed by atoms with E-state index in [1.54, 1.807) is 6.20 Å². The molecule has 2 aromatic carbocycles. The molecular formula is C30H38BClN4NaO7. The molecule has 0 saturated carbocycles. The van der Waals surface area contributed by atoms with E-state index in [0.29, 0.717) is 36.3 Å². The summed E-state index contributed by atoms with van der Waals surface area (Å²) in [6.45, 7) is 9.40. The summed E-state index contributed by atoms with van der Waals surface area (Å²) in [7, 11) is -1.59. The first kappa shape index (κ1) is 39.0. The van der Waals surface area contributed by atoms with Gasteiger partial charge in [-0.05, 0) is 31.4 Å². The molecule has 2 N–H and O–H groups in total. The molecule has 0 aliphatic heterocycles. The molecule has 1 aromatic heterocycles. The molecule has 0 spiro atoms. The second-order valence-electron chi connectivity index (χ2n) is 10.2. The molecule has 0 saturated heterocycles. The summed E-state index contributed by atoms with van der Waals surface area (Å²) in [6, 6.07) is 20.5. The van der Waals surface area contributed by atoms with Gasteiger partial charge in [-0.25, -0.2) is 4.98 Å². The first-order valence-electron chi connectivity index (χ1n) is 13.6. The van der Waals surface area contributed by atoms with Gasteiger partial charge in [0.15, 0.2) is 5.15 Å². The van der Waals surface area contributed by atoms with Gasteiger partial charge in [0.2, 0.25) is 0 Å². The van der Waals surface area contributed by atoms with E-state index in [4.69, 9.17) is 11.6 Å². The van der Waals surface area contributed by atoms with Crippen molar-refractivity contribution in [3.63, 3.8) is 0 Å². The Labute approximate surface area is 286 Å². The van der Waals surface area contributed by atoms with E-state index in [9.17, 15) is 19.5 Å². The number of nitrogens with zero attached hydrogens (tertiary/aromatic N) is 3. The first-order chi connectivity index (χ1) is 20.4. The number of anilines is 1.